The second kappa shape index (κ2) is 6.49. The largest absolute Gasteiger partial charge is 0.375 e. The number of imidazole rings is 1. The first-order chi connectivity index (χ1) is 9.15. The minimum Gasteiger partial charge on any atom is -0.375 e. The Morgan fingerprint density at radius 3 is 3.21 bits per heavy atom. The Labute approximate surface area is 115 Å². The first-order valence-corrected chi connectivity index (χ1v) is 6.93. The number of hydrogen-bond acceptors (Lipinski definition) is 4. The number of ether oxygens (including phenoxy) is 1. The van der Waals surface area contributed by atoms with E-state index in [1.54, 1.807) is 11.3 Å². The summed E-state index contributed by atoms with van der Waals surface area (Å²) in [6, 6.07) is 0. The molecule has 0 aliphatic carbocycles. The second-order valence-electron chi connectivity index (χ2n) is 4.36. The van der Waals surface area contributed by atoms with Crippen molar-refractivity contribution in [2.24, 2.45) is 0 Å². The summed E-state index contributed by atoms with van der Waals surface area (Å²) in [5, 5.41) is 4.77. The van der Waals surface area contributed by atoms with Crippen LogP contribution in [0.4, 0.5) is 0 Å². The summed E-state index contributed by atoms with van der Waals surface area (Å²) in [6.07, 6.45) is 4.11. The maximum atomic E-state index is 11.7. The minimum atomic E-state index is -0.0373. The van der Waals surface area contributed by atoms with Gasteiger partial charge >= 0.3 is 0 Å². The molecule has 0 aliphatic rings. The lowest BCUT2D eigenvalue weighted by molar-refractivity contribution is -0.120. The first-order valence-electron chi connectivity index (χ1n) is 6.05. The van der Waals surface area contributed by atoms with Crippen LogP contribution < -0.4 is 5.32 Å². The lowest BCUT2D eigenvalue weighted by atomic mass is 10.3. The third-order valence-corrected chi connectivity index (χ3v) is 3.17. The molecule has 0 bridgehead atoms. The maximum Gasteiger partial charge on any atom is 0.226 e. The molecular formula is C13H17N3O2S. The summed E-state index contributed by atoms with van der Waals surface area (Å²) >= 11 is 1.55. The fourth-order valence-corrected chi connectivity index (χ4v) is 2.32. The zero-order valence-corrected chi connectivity index (χ0v) is 11.7. The summed E-state index contributed by atoms with van der Waals surface area (Å²) in [7, 11) is 0. The van der Waals surface area contributed by atoms with Crippen LogP contribution in [0.25, 0.3) is 4.96 Å². The van der Waals surface area contributed by atoms with Crippen LogP contribution in [0.3, 0.4) is 0 Å². The van der Waals surface area contributed by atoms with E-state index in [4.69, 9.17) is 4.74 Å². The van der Waals surface area contributed by atoms with Gasteiger partial charge < -0.3 is 10.1 Å². The molecule has 0 atom stereocenters. The number of carbonyl (C=O) groups excluding carboxylic acids is 1. The van der Waals surface area contributed by atoms with Crippen molar-refractivity contribution < 1.29 is 9.53 Å². The van der Waals surface area contributed by atoms with Crippen molar-refractivity contribution in [1.82, 2.24) is 14.7 Å². The van der Waals surface area contributed by atoms with Gasteiger partial charge in [0.1, 0.15) is 0 Å². The van der Waals surface area contributed by atoms with Gasteiger partial charge in [-0.1, -0.05) is 12.2 Å². The monoisotopic (exact) mass is 279 g/mol. The smallest absolute Gasteiger partial charge is 0.226 e. The van der Waals surface area contributed by atoms with E-state index in [2.05, 4.69) is 16.9 Å². The van der Waals surface area contributed by atoms with E-state index in [9.17, 15) is 4.79 Å². The number of aromatic nitrogens is 2. The first kappa shape index (κ1) is 13.8. The highest BCUT2D eigenvalue weighted by Gasteiger charge is 2.07. The molecular weight excluding hydrogens is 262 g/mol. The molecule has 0 saturated heterocycles. The van der Waals surface area contributed by atoms with E-state index in [1.807, 2.05) is 29.1 Å². The molecule has 0 unspecified atom stereocenters. The number of amides is 1. The van der Waals surface area contributed by atoms with Crippen LogP contribution in [0.2, 0.25) is 0 Å². The van der Waals surface area contributed by atoms with Crippen LogP contribution in [-0.4, -0.2) is 35.1 Å². The molecule has 2 rings (SSSR count). The third kappa shape index (κ3) is 4.18. The van der Waals surface area contributed by atoms with Gasteiger partial charge in [0.15, 0.2) is 4.96 Å². The fourth-order valence-electron chi connectivity index (χ4n) is 1.60. The highest BCUT2D eigenvalue weighted by Crippen LogP contribution is 2.11. The molecule has 0 spiro atoms. The normalized spacial score (nSPS) is 10.8. The summed E-state index contributed by atoms with van der Waals surface area (Å²) in [5.41, 5.74) is 1.76. The topological polar surface area (TPSA) is 55.6 Å². The van der Waals surface area contributed by atoms with E-state index in [0.717, 1.165) is 16.2 Å². The van der Waals surface area contributed by atoms with Gasteiger partial charge in [0.25, 0.3) is 0 Å². The van der Waals surface area contributed by atoms with Crippen LogP contribution in [-0.2, 0) is 16.0 Å². The van der Waals surface area contributed by atoms with E-state index >= 15 is 0 Å². The zero-order valence-electron chi connectivity index (χ0n) is 10.9. The Balaban J connectivity index is 1.69. The summed E-state index contributed by atoms with van der Waals surface area (Å²) in [6.45, 7) is 7.18. The number of nitrogens with zero attached hydrogens (tertiary/aromatic N) is 2. The third-order valence-electron chi connectivity index (χ3n) is 2.40. The lowest BCUT2D eigenvalue weighted by Gasteiger charge is -2.05. The van der Waals surface area contributed by atoms with Crippen LogP contribution >= 0.6 is 11.3 Å². The van der Waals surface area contributed by atoms with E-state index < -0.39 is 0 Å². The van der Waals surface area contributed by atoms with Crippen LogP contribution in [0.1, 0.15) is 12.6 Å². The molecule has 1 amide bonds. The Kier molecular flexibility index (Phi) is 4.70. The van der Waals surface area contributed by atoms with Gasteiger partial charge in [-0.2, -0.15) is 0 Å². The molecule has 102 valence electrons. The van der Waals surface area contributed by atoms with Crippen molar-refractivity contribution in [3.63, 3.8) is 0 Å². The zero-order chi connectivity index (χ0) is 13.7. The van der Waals surface area contributed by atoms with E-state index in [-0.39, 0.29) is 5.91 Å². The van der Waals surface area contributed by atoms with Crippen molar-refractivity contribution in [3.05, 3.63) is 35.6 Å². The molecule has 1 N–H and O–H groups in total. The quantitative estimate of drug-likeness (QED) is 0.619. The van der Waals surface area contributed by atoms with Gasteiger partial charge in [0, 0.05) is 24.3 Å². The molecule has 2 heterocycles. The van der Waals surface area contributed by atoms with Crippen molar-refractivity contribution in [1.29, 1.82) is 0 Å². The molecule has 0 aliphatic heterocycles. The SMILES string of the molecule is C=C(C)COCCNC(=O)Cc1cn2ccsc2n1. The van der Waals surface area contributed by atoms with Crippen molar-refractivity contribution in [3.8, 4) is 0 Å². The van der Waals surface area contributed by atoms with Gasteiger partial charge in [-0.25, -0.2) is 4.98 Å². The van der Waals surface area contributed by atoms with Gasteiger partial charge in [-0.3, -0.25) is 9.20 Å². The molecule has 2 aromatic rings. The standard InChI is InChI=1S/C13H17N3O2S/c1-10(2)9-18-5-3-14-12(17)7-11-8-16-4-6-19-13(16)15-11/h4,6,8H,1,3,5,7,9H2,2H3,(H,14,17). The molecule has 6 heteroatoms. The number of rotatable bonds is 7. The predicted molar refractivity (Wildman–Crippen MR) is 75.4 cm³/mol. The number of fused-ring (bicyclic) bond motifs is 1. The number of nitrogens with one attached hydrogen (secondary N) is 1. The fraction of sp³-hybridized carbons (Fsp3) is 0.385. The van der Waals surface area contributed by atoms with E-state index in [0.29, 0.717) is 26.2 Å². The maximum absolute atomic E-state index is 11.7. The highest BCUT2D eigenvalue weighted by molar-refractivity contribution is 7.15. The average Bonchev–Trinajstić information content (AvgIpc) is 2.88. The Hall–Kier alpha value is -1.66. The van der Waals surface area contributed by atoms with Crippen molar-refractivity contribution in [2.75, 3.05) is 19.8 Å². The molecule has 0 fully saturated rings. The minimum absolute atomic E-state index is 0.0373. The lowest BCUT2D eigenvalue weighted by Crippen LogP contribution is -2.28. The summed E-state index contributed by atoms with van der Waals surface area (Å²) in [5.74, 6) is -0.0373. The number of hydrogen-bond donors (Lipinski definition) is 1. The average molecular weight is 279 g/mol. The van der Waals surface area contributed by atoms with Crippen molar-refractivity contribution in [2.45, 2.75) is 13.3 Å². The molecule has 19 heavy (non-hydrogen) atoms. The molecule has 0 radical (unpaired) electrons. The number of thiazole rings is 1. The van der Waals surface area contributed by atoms with Gasteiger partial charge in [0.05, 0.1) is 25.3 Å². The van der Waals surface area contributed by atoms with Gasteiger partial charge in [-0.15, -0.1) is 11.3 Å². The Morgan fingerprint density at radius 2 is 2.47 bits per heavy atom. The van der Waals surface area contributed by atoms with Gasteiger partial charge in [-0.05, 0) is 6.92 Å². The van der Waals surface area contributed by atoms with Gasteiger partial charge in [0.2, 0.25) is 5.91 Å². The molecule has 0 saturated carbocycles. The molecule has 0 aromatic carbocycles. The molecule has 2 aromatic heterocycles. The summed E-state index contributed by atoms with van der Waals surface area (Å²) < 4.78 is 7.22. The van der Waals surface area contributed by atoms with Crippen molar-refractivity contribution >= 4 is 22.2 Å². The Bertz CT molecular complexity index is 545. The predicted octanol–water partition coefficient (Wildman–Crippen LogP) is 1.65. The van der Waals surface area contributed by atoms with Crippen LogP contribution in [0.5, 0.6) is 0 Å². The summed E-state index contributed by atoms with van der Waals surface area (Å²) in [4.78, 5) is 16.9. The second-order valence-corrected chi connectivity index (χ2v) is 5.23. The Morgan fingerprint density at radius 1 is 1.63 bits per heavy atom. The number of carbonyl (C=O) groups is 1. The molecule has 5 nitrogen and oxygen atoms in total. The highest BCUT2D eigenvalue weighted by atomic mass is 32.1. The van der Waals surface area contributed by atoms with E-state index in [1.165, 1.54) is 0 Å². The van der Waals surface area contributed by atoms with Crippen LogP contribution in [0, 0.1) is 0 Å². The van der Waals surface area contributed by atoms with Crippen LogP contribution in [0.15, 0.2) is 29.9 Å².